The summed E-state index contributed by atoms with van der Waals surface area (Å²) < 4.78 is 50.2. The predicted octanol–water partition coefficient (Wildman–Crippen LogP) is 20.9. The lowest BCUT2D eigenvalue weighted by Crippen LogP contribution is -2.17. The molecule has 0 bridgehead atoms. The molecule has 83 heavy (non-hydrogen) atoms. The molecule has 0 radical (unpaired) electrons. The van der Waals surface area contributed by atoms with E-state index in [1.165, 1.54) is 159 Å². The first-order valence-electron chi connectivity index (χ1n) is 30.1. The van der Waals surface area contributed by atoms with Crippen LogP contribution < -0.4 is 5.32 Å². The van der Waals surface area contributed by atoms with Crippen molar-refractivity contribution < 1.29 is 36.3 Å². The van der Waals surface area contributed by atoms with E-state index in [0.29, 0.717) is 21.8 Å². The summed E-state index contributed by atoms with van der Waals surface area (Å²) in [7, 11) is 1.38. The average Bonchev–Trinajstić information content (AvgIpc) is 4.16. The van der Waals surface area contributed by atoms with Gasteiger partial charge in [0, 0.05) is 29.6 Å². The van der Waals surface area contributed by atoms with E-state index < -0.39 is 11.2 Å². The number of carbonyl (C=O) groups is 2. The van der Waals surface area contributed by atoms with Gasteiger partial charge in [-0.15, -0.1) is 22.7 Å². The van der Waals surface area contributed by atoms with Gasteiger partial charge in [-0.05, 0) is 83.3 Å². The van der Waals surface area contributed by atoms with Crippen molar-refractivity contribution in [3.8, 4) is 0 Å². The Hall–Kier alpha value is -4.87. The number of ether oxygens (including phenoxy) is 1. The van der Waals surface area contributed by atoms with Gasteiger partial charge in [-0.2, -0.15) is 18.2 Å². The highest BCUT2D eigenvalue weighted by molar-refractivity contribution is 7.15. The van der Waals surface area contributed by atoms with Crippen molar-refractivity contribution >= 4 is 52.2 Å². The molecule has 5 aliphatic rings. The summed E-state index contributed by atoms with van der Waals surface area (Å²) in [6.07, 6.45) is 34.7. The van der Waals surface area contributed by atoms with E-state index in [2.05, 4.69) is 74.6 Å². The topological polar surface area (TPSA) is 162 Å². The molecule has 0 spiro atoms. The van der Waals surface area contributed by atoms with E-state index in [9.17, 15) is 22.8 Å². The molecule has 1 amide bonds. The third-order valence-corrected chi connectivity index (χ3v) is 15.8. The molecule has 5 aromatic heterocycles. The molecule has 468 valence electrons. The van der Waals surface area contributed by atoms with Crippen molar-refractivity contribution in [1.82, 2.24) is 29.9 Å². The first-order valence-corrected chi connectivity index (χ1v) is 32.1. The van der Waals surface area contributed by atoms with Crippen LogP contribution in [0.25, 0.3) is 0 Å². The number of aryl methyl sites for hydroxylation is 7. The van der Waals surface area contributed by atoms with Gasteiger partial charge in [0.2, 0.25) is 5.91 Å². The molecule has 1 aromatic carbocycles. The highest BCUT2D eigenvalue weighted by Crippen LogP contribution is 2.32. The Morgan fingerprint density at radius 2 is 1.20 bits per heavy atom. The molecule has 18 heteroatoms. The molecule has 0 unspecified atom stereocenters. The quantitative estimate of drug-likeness (QED) is 0.129. The van der Waals surface area contributed by atoms with Crippen molar-refractivity contribution in [3.63, 3.8) is 0 Å². The Kier molecular flexibility index (Phi) is 40.9. The number of oxazole rings is 2. The van der Waals surface area contributed by atoms with E-state index in [1.807, 2.05) is 53.7 Å². The zero-order valence-electron chi connectivity index (χ0n) is 53.0. The van der Waals surface area contributed by atoms with Gasteiger partial charge >= 0.3 is 18.2 Å². The number of halogens is 4. The number of alkyl halides is 3. The van der Waals surface area contributed by atoms with E-state index in [0.717, 1.165) is 67.5 Å². The lowest BCUT2D eigenvalue weighted by atomic mass is 9.88. The molecule has 5 aliphatic carbocycles. The molecule has 5 heterocycles. The number of anilines is 1. The summed E-state index contributed by atoms with van der Waals surface area (Å²) in [5.74, 6) is 5.55. The number of nitrogens with zero attached hydrogens (tertiary/aromatic N) is 5. The summed E-state index contributed by atoms with van der Waals surface area (Å²) in [4.78, 5) is 44.3. The summed E-state index contributed by atoms with van der Waals surface area (Å²) in [5, 5.41) is 2.79. The number of imidazole rings is 1. The maximum absolute atomic E-state index is 11.7. The van der Waals surface area contributed by atoms with Gasteiger partial charge in [0.25, 0.3) is 0 Å². The molecule has 11 rings (SSSR count). The number of carbonyl (C=O) groups excluding carboxylic acids is 2. The van der Waals surface area contributed by atoms with Crippen LogP contribution in [0.1, 0.15) is 231 Å². The minimum absolute atomic E-state index is 0.0581. The summed E-state index contributed by atoms with van der Waals surface area (Å²) in [6, 6.07) is 7.57. The number of hydrogen-bond acceptors (Lipinski definition) is 12. The minimum Gasteiger partial charge on any atom is -0.465 e. The highest BCUT2D eigenvalue weighted by Gasteiger charge is 2.34. The van der Waals surface area contributed by atoms with Crippen LogP contribution in [0.3, 0.4) is 0 Å². The molecule has 6 aromatic rings. The van der Waals surface area contributed by atoms with Gasteiger partial charge < -0.3 is 18.6 Å². The van der Waals surface area contributed by atoms with Crippen LogP contribution >= 0.6 is 34.3 Å². The first kappa shape index (κ1) is 76.1. The fraction of sp³-hybridized carbons (Fsp3) is 0.646. The third kappa shape index (κ3) is 41.7. The summed E-state index contributed by atoms with van der Waals surface area (Å²) in [5.41, 5.74) is 4.66. The van der Waals surface area contributed by atoms with Crippen molar-refractivity contribution in [2.45, 2.75) is 232 Å². The predicted molar refractivity (Wildman–Crippen MR) is 338 cm³/mol. The maximum atomic E-state index is 11.7. The lowest BCUT2D eigenvalue weighted by Gasteiger charge is -2.18. The van der Waals surface area contributed by atoms with Crippen LogP contribution in [0.2, 0.25) is 4.34 Å². The Morgan fingerprint density at radius 1 is 0.687 bits per heavy atom. The lowest BCUT2D eigenvalue weighted by molar-refractivity contribution is -0.137. The Morgan fingerprint density at radius 3 is 1.46 bits per heavy atom. The van der Waals surface area contributed by atoms with Crippen molar-refractivity contribution in [2.24, 2.45) is 35.5 Å². The number of methoxy groups -OCH3 is 1. The minimum atomic E-state index is -4.28. The number of rotatable bonds is 3. The fourth-order valence-corrected chi connectivity index (χ4v) is 9.30. The van der Waals surface area contributed by atoms with Gasteiger partial charge in [-0.1, -0.05) is 206 Å². The van der Waals surface area contributed by atoms with Crippen LogP contribution in [-0.2, 0) is 15.7 Å². The molecule has 5 saturated carbocycles. The number of aromatic nitrogens is 6. The van der Waals surface area contributed by atoms with Crippen LogP contribution in [-0.4, -0.2) is 48.9 Å². The largest absolute Gasteiger partial charge is 0.465 e. The smallest absolute Gasteiger partial charge is 0.443 e. The number of H-pyrrole nitrogens is 1. The van der Waals surface area contributed by atoms with Gasteiger partial charge in [-0.3, -0.25) is 10.1 Å². The molecule has 0 aliphatic heterocycles. The van der Waals surface area contributed by atoms with Crippen LogP contribution in [0, 0.1) is 84.0 Å². The summed E-state index contributed by atoms with van der Waals surface area (Å²) >= 11 is 7.67. The molecule has 12 nitrogen and oxygen atoms in total. The Labute approximate surface area is 510 Å². The normalized spacial score (nSPS) is 15.6. The molecular formula is C65H103ClF3N7O5S2. The van der Waals surface area contributed by atoms with E-state index in [-0.39, 0.29) is 23.8 Å². The van der Waals surface area contributed by atoms with E-state index >= 15 is 0 Å². The second kappa shape index (κ2) is 44.6. The fourth-order valence-electron chi connectivity index (χ4n) is 7.79. The molecule has 5 fully saturated rings. The van der Waals surface area contributed by atoms with Gasteiger partial charge in [-0.25, -0.2) is 24.7 Å². The highest BCUT2D eigenvalue weighted by atomic mass is 35.5. The Bertz CT molecular complexity index is 2480. The summed E-state index contributed by atoms with van der Waals surface area (Å²) in [6.45, 7) is 28.3. The zero-order chi connectivity index (χ0) is 62.2. The van der Waals surface area contributed by atoms with E-state index in [1.54, 1.807) is 57.9 Å². The number of nitrogens with one attached hydrogen (secondary N) is 2. The maximum Gasteiger partial charge on any atom is 0.443 e. The van der Waals surface area contributed by atoms with Crippen molar-refractivity contribution in [1.29, 1.82) is 0 Å². The molecular weight excluding hydrogens is 1120 g/mol. The van der Waals surface area contributed by atoms with Crippen LogP contribution in [0.4, 0.5) is 19.2 Å². The van der Waals surface area contributed by atoms with Crippen LogP contribution in [0.15, 0.2) is 70.5 Å². The standard InChI is InChI=1S/C9H10O2.C8H12N2O2.C8H16.C7H14.C6H12.C5H4F3NS.C5H8N2.C5H10.C4H4ClNS.C4H5NO.C4H8/c1-7-4-3-5-8(6-7)9(10)11-2;1-5(2)7(11)10-8-9-6(3)4-12-8;1-8-6-4-2-3-5-7-8;1-7-5-3-2-4-6-7;1-6-4-2-3-5-6;1-3-2-9-4(10-3)5(6,7)8;1-4-5(2)7-3-6-4;1-5-3-2-4-5;1-3-6-2-4(5)7-3;1-4-5-2-3-6-4;1-4-2-3-4/h3-6H,1-2H3;4-5H,1-3H3,(H,9,10,11);8H,2-7H2,1H3;7H,2-6H2,1H3;6H,2-5H2,1H3;2H,1H3;3H,1-2H3,(H,6,7);5H,2-4H2,1H3;2H,1H3;2-3H,1H3;4H,2-3H2,1H3. The van der Waals surface area contributed by atoms with Gasteiger partial charge in [0.1, 0.15) is 16.9 Å². The van der Waals surface area contributed by atoms with Crippen molar-refractivity contribution in [2.75, 3.05) is 12.4 Å². The Balaban J connectivity index is 0.000000462. The number of benzene rings is 1. The van der Waals surface area contributed by atoms with Crippen molar-refractivity contribution in [3.05, 3.63) is 115 Å². The third-order valence-electron chi connectivity index (χ3n) is 13.8. The van der Waals surface area contributed by atoms with Crippen LogP contribution in [0.5, 0.6) is 0 Å². The number of hydrogen-bond donors (Lipinski definition) is 2. The molecule has 0 saturated heterocycles. The zero-order valence-corrected chi connectivity index (χ0v) is 55.4. The first-order chi connectivity index (χ1) is 39.3. The SMILES string of the molecule is CC1CC1.CC1CCC1.CC1CCCC1.CC1CCCCC1.CC1CCCCCC1.COC(=O)c1cccc(C)c1.Cc1cnc(C(F)(F)F)s1.Cc1coc(NC(=O)C(C)C)n1.Cc1nc[nH]c1C.Cc1ncc(Cl)s1.Cc1ncco1. The second-order valence-electron chi connectivity index (χ2n) is 22.9. The monoisotopic (exact) mass is 1220 g/mol. The molecule has 0 atom stereocenters. The number of aromatic amines is 1. The molecule has 2 N–H and O–H groups in total. The number of amides is 1. The van der Waals surface area contributed by atoms with E-state index in [4.69, 9.17) is 20.4 Å². The van der Waals surface area contributed by atoms with Gasteiger partial charge in [0.15, 0.2) is 10.9 Å². The second-order valence-corrected chi connectivity index (χ2v) is 26.0. The number of esters is 1. The van der Waals surface area contributed by atoms with Gasteiger partial charge in [0.05, 0.1) is 47.8 Å². The average molecular weight is 1220 g/mol. The number of thiazole rings is 2.